The summed E-state index contributed by atoms with van der Waals surface area (Å²) in [4.78, 5) is 25.2. The summed E-state index contributed by atoms with van der Waals surface area (Å²) >= 11 is 0. The van der Waals surface area contributed by atoms with Crippen molar-refractivity contribution >= 4 is 11.9 Å². The molecule has 0 heterocycles. The highest BCUT2D eigenvalue weighted by atomic mass is 16.6. The predicted octanol–water partition coefficient (Wildman–Crippen LogP) is 4.97. The fourth-order valence-electron chi connectivity index (χ4n) is 2.83. The van der Waals surface area contributed by atoms with Gasteiger partial charge in [0.2, 0.25) is 0 Å². The summed E-state index contributed by atoms with van der Waals surface area (Å²) in [7, 11) is 0. The minimum atomic E-state index is -1.20. The van der Waals surface area contributed by atoms with Crippen molar-refractivity contribution in [1.82, 2.24) is 0 Å². The van der Waals surface area contributed by atoms with Crippen molar-refractivity contribution in [2.45, 2.75) is 72.8 Å². The van der Waals surface area contributed by atoms with Crippen LogP contribution in [0.25, 0.3) is 0 Å². The minimum absolute atomic E-state index is 0.173. The highest BCUT2D eigenvalue weighted by Gasteiger charge is 2.45. The first-order valence-corrected chi connectivity index (χ1v) is 9.40. The van der Waals surface area contributed by atoms with Gasteiger partial charge >= 0.3 is 11.9 Å². The van der Waals surface area contributed by atoms with E-state index in [1.807, 2.05) is 45.0 Å². The summed E-state index contributed by atoms with van der Waals surface area (Å²) < 4.78 is 10.8. The molecule has 0 spiro atoms. The van der Waals surface area contributed by atoms with Crippen LogP contribution < -0.4 is 0 Å². The van der Waals surface area contributed by atoms with Crippen LogP contribution in [-0.2, 0) is 25.7 Å². The van der Waals surface area contributed by atoms with Crippen LogP contribution in [0.3, 0.4) is 0 Å². The van der Waals surface area contributed by atoms with Gasteiger partial charge in [-0.15, -0.1) is 0 Å². The Balaban J connectivity index is 2.65. The molecule has 0 N–H and O–H groups in total. The molecule has 140 valence electrons. The van der Waals surface area contributed by atoms with E-state index in [1.165, 1.54) is 0 Å². The summed E-state index contributed by atoms with van der Waals surface area (Å²) in [6, 6.07) is 7.80. The second kappa shape index (κ2) is 10.9. The van der Waals surface area contributed by atoms with Crippen LogP contribution in [0.5, 0.6) is 0 Å². The van der Waals surface area contributed by atoms with Crippen LogP contribution in [0.1, 0.15) is 70.4 Å². The van der Waals surface area contributed by atoms with E-state index in [9.17, 15) is 9.59 Å². The van der Waals surface area contributed by atoms with Gasteiger partial charge in [0, 0.05) is 0 Å². The third kappa shape index (κ3) is 6.18. The summed E-state index contributed by atoms with van der Waals surface area (Å²) in [6.45, 7) is 8.32. The predicted molar refractivity (Wildman–Crippen MR) is 99.1 cm³/mol. The van der Waals surface area contributed by atoms with Crippen molar-refractivity contribution in [2.75, 3.05) is 6.61 Å². The van der Waals surface area contributed by atoms with E-state index in [0.717, 1.165) is 36.8 Å². The van der Waals surface area contributed by atoms with Crippen LogP contribution in [0.2, 0.25) is 0 Å². The molecule has 0 saturated carbocycles. The van der Waals surface area contributed by atoms with E-state index in [2.05, 4.69) is 6.92 Å². The zero-order valence-electron chi connectivity index (χ0n) is 16.1. The number of carbonyl (C=O) groups is 2. The van der Waals surface area contributed by atoms with Gasteiger partial charge in [-0.2, -0.15) is 0 Å². The molecule has 0 aliphatic carbocycles. The van der Waals surface area contributed by atoms with Crippen LogP contribution in [0.15, 0.2) is 24.3 Å². The standard InChI is InChI=1S/C21H32O4/c1-5-8-9-10-14-24-19(22)21(6-2,7-3)20(23)25-16-18-13-11-12-17(4)15-18/h11-13,15H,5-10,14,16H2,1-4H3. The van der Waals surface area contributed by atoms with Crippen molar-refractivity contribution in [3.8, 4) is 0 Å². The number of hydrogen-bond acceptors (Lipinski definition) is 4. The second-order valence-corrected chi connectivity index (χ2v) is 6.55. The molecule has 0 bridgehead atoms. The van der Waals surface area contributed by atoms with Crippen molar-refractivity contribution in [3.05, 3.63) is 35.4 Å². The molecule has 0 aliphatic rings. The number of unbranched alkanes of at least 4 members (excludes halogenated alkanes) is 3. The van der Waals surface area contributed by atoms with Crippen LogP contribution in [0.4, 0.5) is 0 Å². The van der Waals surface area contributed by atoms with Gasteiger partial charge in [0.15, 0.2) is 5.41 Å². The maximum Gasteiger partial charge on any atom is 0.323 e. The molecule has 0 aliphatic heterocycles. The Morgan fingerprint density at radius 1 is 0.960 bits per heavy atom. The Labute approximate surface area is 151 Å². The Kier molecular flexibility index (Phi) is 9.25. The SMILES string of the molecule is CCCCCCOC(=O)C(CC)(CC)C(=O)OCc1cccc(C)c1. The fourth-order valence-corrected chi connectivity index (χ4v) is 2.83. The number of carbonyl (C=O) groups excluding carboxylic acids is 2. The smallest absolute Gasteiger partial charge is 0.323 e. The monoisotopic (exact) mass is 348 g/mol. The number of aryl methyl sites for hydroxylation is 1. The molecule has 25 heavy (non-hydrogen) atoms. The van der Waals surface area contributed by atoms with E-state index >= 15 is 0 Å². The van der Waals surface area contributed by atoms with Crippen molar-refractivity contribution < 1.29 is 19.1 Å². The lowest BCUT2D eigenvalue weighted by molar-refractivity contribution is -0.174. The lowest BCUT2D eigenvalue weighted by Gasteiger charge is -2.27. The second-order valence-electron chi connectivity index (χ2n) is 6.55. The highest BCUT2D eigenvalue weighted by Crippen LogP contribution is 2.30. The summed E-state index contributed by atoms with van der Waals surface area (Å²) in [6.07, 6.45) is 4.89. The van der Waals surface area contributed by atoms with Gasteiger partial charge in [0.25, 0.3) is 0 Å². The number of rotatable bonds is 11. The molecule has 0 fully saturated rings. The Hall–Kier alpha value is -1.84. The van der Waals surface area contributed by atoms with Gasteiger partial charge in [-0.05, 0) is 31.7 Å². The molecule has 4 heteroatoms. The molecule has 0 atom stereocenters. The number of hydrogen-bond donors (Lipinski definition) is 0. The first kappa shape index (κ1) is 21.2. The molecule has 0 radical (unpaired) electrons. The third-order valence-corrected chi connectivity index (χ3v) is 4.67. The largest absolute Gasteiger partial charge is 0.465 e. The van der Waals surface area contributed by atoms with E-state index in [4.69, 9.17) is 9.47 Å². The number of ether oxygens (including phenoxy) is 2. The molecule has 1 rings (SSSR count). The molecular formula is C21H32O4. The van der Waals surface area contributed by atoms with Crippen molar-refractivity contribution in [1.29, 1.82) is 0 Å². The maximum absolute atomic E-state index is 12.6. The molecule has 0 aromatic heterocycles. The van der Waals surface area contributed by atoms with E-state index in [1.54, 1.807) is 0 Å². The number of esters is 2. The van der Waals surface area contributed by atoms with Gasteiger partial charge in [-0.25, -0.2) is 0 Å². The Bertz CT molecular complexity index is 547. The highest BCUT2D eigenvalue weighted by molar-refractivity contribution is 5.99. The Morgan fingerprint density at radius 2 is 1.64 bits per heavy atom. The number of benzene rings is 1. The van der Waals surface area contributed by atoms with Gasteiger partial charge in [-0.1, -0.05) is 69.9 Å². The molecule has 4 nitrogen and oxygen atoms in total. The maximum atomic E-state index is 12.6. The lowest BCUT2D eigenvalue weighted by atomic mass is 9.82. The van der Waals surface area contributed by atoms with Crippen LogP contribution >= 0.6 is 0 Å². The van der Waals surface area contributed by atoms with E-state index in [-0.39, 0.29) is 6.61 Å². The molecule has 1 aromatic carbocycles. The molecule has 0 unspecified atom stereocenters. The summed E-state index contributed by atoms with van der Waals surface area (Å²) in [5, 5.41) is 0. The van der Waals surface area contributed by atoms with Crippen molar-refractivity contribution in [3.63, 3.8) is 0 Å². The average molecular weight is 348 g/mol. The fraction of sp³-hybridized carbons (Fsp3) is 0.619. The van der Waals surface area contributed by atoms with E-state index < -0.39 is 17.4 Å². The summed E-state index contributed by atoms with van der Waals surface area (Å²) in [5.41, 5.74) is 0.828. The van der Waals surface area contributed by atoms with Gasteiger partial charge in [0.05, 0.1) is 6.61 Å². The molecule has 0 amide bonds. The lowest BCUT2D eigenvalue weighted by Crippen LogP contribution is -2.41. The van der Waals surface area contributed by atoms with E-state index in [0.29, 0.717) is 19.4 Å². The topological polar surface area (TPSA) is 52.6 Å². The molecular weight excluding hydrogens is 316 g/mol. The minimum Gasteiger partial charge on any atom is -0.465 e. The normalized spacial score (nSPS) is 11.2. The quantitative estimate of drug-likeness (QED) is 0.322. The van der Waals surface area contributed by atoms with Gasteiger partial charge < -0.3 is 9.47 Å². The molecule has 1 aromatic rings. The summed E-state index contributed by atoms with van der Waals surface area (Å²) in [5.74, 6) is -0.944. The van der Waals surface area contributed by atoms with Gasteiger partial charge in [0.1, 0.15) is 6.61 Å². The van der Waals surface area contributed by atoms with Crippen LogP contribution in [-0.4, -0.2) is 18.5 Å². The first-order chi connectivity index (χ1) is 12.0. The zero-order valence-corrected chi connectivity index (χ0v) is 16.1. The zero-order chi connectivity index (χ0) is 18.7. The first-order valence-electron chi connectivity index (χ1n) is 9.40. The third-order valence-electron chi connectivity index (χ3n) is 4.67. The van der Waals surface area contributed by atoms with Crippen molar-refractivity contribution in [2.24, 2.45) is 5.41 Å². The average Bonchev–Trinajstić information content (AvgIpc) is 2.61. The molecule has 0 saturated heterocycles. The Morgan fingerprint density at radius 3 is 2.24 bits per heavy atom. The van der Waals surface area contributed by atoms with Gasteiger partial charge in [-0.3, -0.25) is 9.59 Å². The van der Waals surface area contributed by atoms with Crippen LogP contribution in [0, 0.1) is 12.3 Å².